The van der Waals surface area contributed by atoms with E-state index in [9.17, 15) is 4.79 Å². The lowest BCUT2D eigenvalue weighted by molar-refractivity contribution is -0.126. The van der Waals surface area contributed by atoms with Gasteiger partial charge >= 0.3 is 0 Å². The number of hydrogen-bond donors (Lipinski definition) is 2. The predicted octanol–water partition coefficient (Wildman–Crippen LogP) is 0.718. The Morgan fingerprint density at radius 2 is 1.95 bits per heavy atom. The number of ether oxygens (including phenoxy) is 2. The molecule has 0 atom stereocenters. The first-order valence-corrected chi connectivity index (χ1v) is 6.40. The van der Waals surface area contributed by atoms with Crippen LogP contribution in [-0.2, 0) is 20.9 Å². The number of amides is 1. The van der Waals surface area contributed by atoms with Gasteiger partial charge in [-0.25, -0.2) is 0 Å². The molecule has 2 N–H and O–H groups in total. The van der Waals surface area contributed by atoms with E-state index in [2.05, 4.69) is 5.32 Å². The Balaban J connectivity index is 1.96. The van der Waals surface area contributed by atoms with Crippen LogP contribution < -0.4 is 5.32 Å². The third-order valence-electron chi connectivity index (χ3n) is 2.37. The predicted molar refractivity (Wildman–Crippen MR) is 71.6 cm³/mol. The molecule has 0 radical (unpaired) electrons. The van der Waals surface area contributed by atoms with Crippen molar-refractivity contribution in [3.05, 3.63) is 35.9 Å². The molecule has 19 heavy (non-hydrogen) atoms. The van der Waals surface area contributed by atoms with Crippen LogP contribution in [-0.4, -0.2) is 44.0 Å². The molecule has 5 heteroatoms. The third-order valence-corrected chi connectivity index (χ3v) is 2.37. The molecular formula is C14H21NO4. The summed E-state index contributed by atoms with van der Waals surface area (Å²) in [5, 5.41) is 11.2. The van der Waals surface area contributed by atoms with Gasteiger partial charge in [0.15, 0.2) is 0 Å². The number of carbonyl (C=O) groups is 1. The molecule has 0 heterocycles. The quantitative estimate of drug-likeness (QED) is 0.613. The molecule has 0 bridgehead atoms. The molecule has 1 aromatic carbocycles. The van der Waals surface area contributed by atoms with Crippen LogP contribution in [0.25, 0.3) is 0 Å². The molecule has 106 valence electrons. The van der Waals surface area contributed by atoms with Crippen LogP contribution in [0.1, 0.15) is 12.0 Å². The number of nitrogens with one attached hydrogen (secondary N) is 1. The van der Waals surface area contributed by atoms with Gasteiger partial charge in [-0.15, -0.1) is 0 Å². The largest absolute Gasteiger partial charge is 0.394 e. The highest BCUT2D eigenvalue weighted by molar-refractivity contribution is 5.77. The van der Waals surface area contributed by atoms with Gasteiger partial charge in [0.25, 0.3) is 0 Å². The SMILES string of the molecule is O=C(COCc1ccccc1)NCCCOCCO. The van der Waals surface area contributed by atoms with Crippen LogP contribution in [0.2, 0.25) is 0 Å². The summed E-state index contributed by atoms with van der Waals surface area (Å²) in [6, 6.07) is 9.72. The summed E-state index contributed by atoms with van der Waals surface area (Å²) in [5.41, 5.74) is 1.05. The molecule has 0 fully saturated rings. The van der Waals surface area contributed by atoms with Crippen LogP contribution in [0.15, 0.2) is 30.3 Å². The van der Waals surface area contributed by atoms with Gasteiger partial charge in [-0.2, -0.15) is 0 Å². The molecule has 0 aliphatic heterocycles. The van der Waals surface area contributed by atoms with E-state index in [0.29, 0.717) is 26.4 Å². The molecule has 0 saturated heterocycles. The highest BCUT2D eigenvalue weighted by atomic mass is 16.5. The van der Waals surface area contributed by atoms with E-state index >= 15 is 0 Å². The second-order valence-electron chi connectivity index (χ2n) is 4.02. The number of benzene rings is 1. The Morgan fingerprint density at radius 3 is 2.68 bits per heavy atom. The normalized spacial score (nSPS) is 10.4. The minimum Gasteiger partial charge on any atom is -0.394 e. The molecule has 1 rings (SSSR count). The fourth-order valence-electron chi connectivity index (χ4n) is 1.46. The van der Waals surface area contributed by atoms with Crippen molar-refractivity contribution < 1.29 is 19.4 Å². The topological polar surface area (TPSA) is 67.8 Å². The number of hydrogen-bond acceptors (Lipinski definition) is 4. The van der Waals surface area contributed by atoms with Gasteiger partial charge in [0.05, 0.1) is 19.8 Å². The van der Waals surface area contributed by atoms with Crippen molar-refractivity contribution in [1.29, 1.82) is 0 Å². The molecule has 0 aliphatic rings. The maximum atomic E-state index is 11.4. The molecular weight excluding hydrogens is 246 g/mol. The molecule has 0 unspecified atom stereocenters. The summed E-state index contributed by atoms with van der Waals surface area (Å²) < 4.78 is 10.4. The second kappa shape index (κ2) is 10.5. The second-order valence-corrected chi connectivity index (χ2v) is 4.02. The Morgan fingerprint density at radius 1 is 1.16 bits per heavy atom. The number of carbonyl (C=O) groups excluding carboxylic acids is 1. The summed E-state index contributed by atoms with van der Waals surface area (Å²) in [6.07, 6.45) is 0.727. The van der Waals surface area contributed by atoms with Crippen molar-refractivity contribution in [2.45, 2.75) is 13.0 Å². The molecule has 0 aliphatic carbocycles. The van der Waals surface area contributed by atoms with E-state index in [0.717, 1.165) is 12.0 Å². The first kappa shape index (κ1) is 15.6. The third kappa shape index (κ3) is 8.31. The Labute approximate surface area is 113 Å². The molecule has 1 aromatic rings. The standard InChI is InChI=1S/C14H21NO4/c16-8-10-18-9-4-7-15-14(17)12-19-11-13-5-2-1-3-6-13/h1-3,5-6,16H,4,7-12H2,(H,15,17). The van der Waals surface area contributed by atoms with Gasteiger partial charge in [0, 0.05) is 13.2 Å². The van der Waals surface area contributed by atoms with Crippen molar-refractivity contribution in [1.82, 2.24) is 5.32 Å². The highest BCUT2D eigenvalue weighted by Gasteiger charge is 2.00. The van der Waals surface area contributed by atoms with Gasteiger partial charge in [-0.3, -0.25) is 4.79 Å². The van der Waals surface area contributed by atoms with Crippen LogP contribution in [0.4, 0.5) is 0 Å². The summed E-state index contributed by atoms with van der Waals surface area (Å²) in [6.45, 7) is 1.96. The maximum absolute atomic E-state index is 11.4. The number of aliphatic hydroxyl groups excluding tert-OH is 1. The first-order valence-electron chi connectivity index (χ1n) is 6.40. The fraction of sp³-hybridized carbons (Fsp3) is 0.500. The summed E-state index contributed by atoms with van der Waals surface area (Å²) in [5.74, 6) is -0.127. The average Bonchev–Trinajstić information content (AvgIpc) is 2.44. The van der Waals surface area contributed by atoms with Crippen molar-refractivity contribution in [3.8, 4) is 0 Å². The zero-order valence-corrected chi connectivity index (χ0v) is 11.0. The van der Waals surface area contributed by atoms with Crippen molar-refractivity contribution >= 4 is 5.91 Å². The lowest BCUT2D eigenvalue weighted by Gasteiger charge is -2.06. The number of rotatable bonds is 10. The lowest BCUT2D eigenvalue weighted by Crippen LogP contribution is -2.29. The molecule has 0 aromatic heterocycles. The van der Waals surface area contributed by atoms with E-state index in [1.807, 2.05) is 30.3 Å². The van der Waals surface area contributed by atoms with Crippen LogP contribution in [0.3, 0.4) is 0 Å². The highest BCUT2D eigenvalue weighted by Crippen LogP contribution is 1.99. The lowest BCUT2D eigenvalue weighted by atomic mass is 10.2. The van der Waals surface area contributed by atoms with E-state index in [1.54, 1.807) is 0 Å². The molecule has 0 saturated carbocycles. The van der Waals surface area contributed by atoms with Crippen LogP contribution in [0.5, 0.6) is 0 Å². The smallest absolute Gasteiger partial charge is 0.246 e. The summed E-state index contributed by atoms with van der Waals surface area (Å²) >= 11 is 0. The minimum atomic E-state index is -0.127. The average molecular weight is 267 g/mol. The first-order chi connectivity index (χ1) is 9.33. The van der Waals surface area contributed by atoms with Gasteiger partial charge in [0.1, 0.15) is 6.61 Å². The van der Waals surface area contributed by atoms with Crippen LogP contribution in [0, 0.1) is 0 Å². The maximum Gasteiger partial charge on any atom is 0.246 e. The number of aliphatic hydroxyl groups is 1. The van der Waals surface area contributed by atoms with Gasteiger partial charge in [-0.05, 0) is 12.0 Å². The molecule has 1 amide bonds. The summed E-state index contributed by atoms with van der Waals surface area (Å²) in [4.78, 5) is 11.4. The van der Waals surface area contributed by atoms with Gasteiger partial charge < -0.3 is 19.9 Å². The Bertz CT molecular complexity index is 343. The Kier molecular flexibility index (Phi) is 8.63. The Hall–Kier alpha value is -1.43. The molecule has 0 spiro atoms. The van der Waals surface area contributed by atoms with Gasteiger partial charge in [0.2, 0.25) is 5.91 Å². The zero-order chi connectivity index (χ0) is 13.8. The van der Waals surface area contributed by atoms with E-state index in [4.69, 9.17) is 14.6 Å². The van der Waals surface area contributed by atoms with Crippen molar-refractivity contribution in [2.24, 2.45) is 0 Å². The van der Waals surface area contributed by atoms with Crippen molar-refractivity contribution in [3.63, 3.8) is 0 Å². The van der Waals surface area contributed by atoms with E-state index in [1.165, 1.54) is 0 Å². The van der Waals surface area contributed by atoms with E-state index < -0.39 is 0 Å². The van der Waals surface area contributed by atoms with Crippen molar-refractivity contribution in [2.75, 3.05) is 33.0 Å². The minimum absolute atomic E-state index is 0.0275. The fourth-order valence-corrected chi connectivity index (χ4v) is 1.46. The monoisotopic (exact) mass is 267 g/mol. The zero-order valence-electron chi connectivity index (χ0n) is 11.0. The summed E-state index contributed by atoms with van der Waals surface area (Å²) in [7, 11) is 0. The van der Waals surface area contributed by atoms with Gasteiger partial charge in [-0.1, -0.05) is 30.3 Å². The van der Waals surface area contributed by atoms with E-state index in [-0.39, 0.29) is 19.1 Å². The van der Waals surface area contributed by atoms with Crippen LogP contribution >= 0.6 is 0 Å². The molecule has 5 nitrogen and oxygen atoms in total.